The zero-order valence-corrected chi connectivity index (χ0v) is 19.2. The first-order valence-electron chi connectivity index (χ1n) is 11.9. The van der Waals surface area contributed by atoms with Gasteiger partial charge in [-0.2, -0.15) is 0 Å². The molecular weight excluding hydrogens is 416 g/mol. The Hall–Kier alpha value is -2.83. The zero-order valence-electron chi connectivity index (χ0n) is 19.2. The average molecular weight is 449 g/mol. The van der Waals surface area contributed by atoms with Gasteiger partial charge in [0.15, 0.2) is 11.5 Å². The topological polar surface area (TPSA) is 64.1 Å². The first-order chi connectivity index (χ1) is 16.2. The molecule has 1 saturated heterocycles. The second-order valence-electron chi connectivity index (χ2n) is 9.04. The molecule has 174 valence electrons. The maximum atomic E-state index is 11.0. The maximum Gasteiger partial charge on any atom is 0.213 e. The lowest BCUT2D eigenvalue weighted by Crippen LogP contribution is -2.35. The number of piperidine rings is 1. The van der Waals surface area contributed by atoms with E-state index in [9.17, 15) is 5.11 Å². The number of rotatable bonds is 7. The second-order valence-corrected chi connectivity index (χ2v) is 9.04. The van der Waals surface area contributed by atoms with Crippen LogP contribution >= 0.6 is 0 Å². The zero-order chi connectivity index (χ0) is 22.6. The minimum Gasteiger partial charge on any atom is -0.486 e. The molecule has 1 atom stereocenters. The number of nitrogens with zero attached hydrogens (tertiary/aromatic N) is 2. The fraction of sp³-hybridized carbons (Fsp3) is 0.444. The van der Waals surface area contributed by atoms with Gasteiger partial charge in [0, 0.05) is 23.6 Å². The van der Waals surface area contributed by atoms with Gasteiger partial charge in [0.2, 0.25) is 5.88 Å². The van der Waals surface area contributed by atoms with E-state index in [4.69, 9.17) is 14.2 Å². The minimum absolute atomic E-state index is 0.512. The Bertz CT molecular complexity index is 1090. The van der Waals surface area contributed by atoms with E-state index in [1.165, 1.54) is 5.56 Å². The Morgan fingerprint density at radius 2 is 1.88 bits per heavy atom. The summed E-state index contributed by atoms with van der Waals surface area (Å²) in [5.74, 6) is 2.82. The number of hydrogen-bond acceptors (Lipinski definition) is 6. The lowest BCUT2D eigenvalue weighted by molar-refractivity contribution is 0.109. The number of aliphatic hydroxyl groups excluding tert-OH is 1. The summed E-state index contributed by atoms with van der Waals surface area (Å²) in [6.45, 7) is 4.44. The lowest BCUT2D eigenvalue weighted by Gasteiger charge is -2.33. The summed E-state index contributed by atoms with van der Waals surface area (Å²) < 4.78 is 16.6. The number of para-hydroxylation sites is 1. The number of fused-ring (bicyclic) bond motifs is 2. The highest BCUT2D eigenvalue weighted by molar-refractivity contribution is 5.82. The van der Waals surface area contributed by atoms with Crippen LogP contribution in [0, 0.1) is 5.92 Å². The second kappa shape index (κ2) is 9.98. The molecule has 6 heteroatoms. The summed E-state index contributed by atoms with van der Waals surface area (Å²) in [4.78, 5) is 7.12. The van der Waals surface area contributed by atoms with Gasteiger partial charge in [0.05, 0.1) is 18.7 Å². The molecule has 0 aliphatic carbocycles. The number of benzene rings is 2. The molecule has 1 N–H and O–H groups in total. The first-order valence-corrected chi connectivity index (χ1v) is 11.9. The monoisotopic (exact) mass is 448 g/mol. The number of ether oxygens (including phenoxy) is 3. The Morgan fingerprint density at radius 1 is 1.06 bits per heavy atom. The van der Waals surface area contributed by atoms with Crippen molar-refractivity contribution in [1.82, 2.24) is 9.88 Å². The van der Waals surface area contributed by atoms with Gasteiger partial charge in [-0.25, -0.2) is 4.98 Å². The molecule has 3 heterocycles. The van der Waals surface area contributed by atoms with Gasteiger partial charge in [-0.15, -0.1) is 0 Å². The van der Waals surface area contributed by atoms with Crippen molar-refractivity contribution in [2.75, 3.05) is 40.0 Å². The number of aromatic nitrogens is 1. The summed E-state index contributed by atoms with van der Waals surface area (Å²) >= 11 is 0. The van der Waals surface area contributed by atoms with Crippen molar-refractivity contribution in [3.05, 3.63) is 59.7 Å². The number of pyridine rings is 1. The molecule has 5 rings (SSSR count). The third-order valence-electron chi connectivity index (χ3n) is 6.88. The van der Waals surface area contributed by atoms with Crippen LogP contribution in [0.5, 0.6) is 17.4 Å². The highest BCUT2D eigenvalue weighted by atomic mass is 16.6. The van der Waals surface area contributed by atoms with E-state index < -0.39 is 6.10 Å². The van der Waals surface area contributed by atoms with E-state index in [1.54, 1.807) is 7.11 Å². The van der Waals surface area contributed by atoms with Crippen molar-refractivity contribution < 1.29 is 19.3 Å². The van der Waals surface area contributed by atoms with Gasteiger partial charge in [0.25, 0.3) is 0 Å². The molecule has 1 unspecified atom stereocenters. The molecule has 1 aromatic heterocycles. The molecule has 0 radical (unpaired) electrons. The van der Waals surface area contributed by atoms with E-state index in [0.717, 1.165) is 73.3 Å². The standard InChI is InChI=1S/C27H32N2O4/c1-31-26-8-6-21-3-2-4-22(27(21)28-26)23(30)17-20-10-13-29(14-11-20)12-9-19-5-7-24-25(18-19)33-16-15-32-24/h2-8,18,20,23,30H,9-17H2,1H3. The van der Waals surface area contributed by atoms with Crippen LogP contribution in [0.4, 0.5) is 0 Å². The Balaban J connectivity index is 1.14. The predicted molar refractivity (Wildman–Crippen MR) is 128 cm³/mol. The Kier molecular flexibility index (Phi) is 6.65. The molecule has 2 aliphatic heterocycles. The number of likely N-dealkylation sites (tertiary alicyclic amines) is 1. The molecule has 2 aromatic carbocycles. The van der Waals surface area contributed by atoms with Gasteiger partial charge in [0.1, 0.15) is 13.2 Å². The minimum atomic E-state index is -0.512. The van der Waals surface area contributed by atoms with Crippen LogP contribution in [0.3, 0.4) is 0 Å². The average Bonchev–Trinajstić information content (AvgIpc) is 2.87. The summed E-state index contributed by atoms with van der Waals surface area (Å²) in [5.41, 5.74) is 3.02. The van der Waals surface area contributed by atoms with Gasteiger partial charge in [-0.3, -0.25) is 0 Å². The molecule has 2 aliphatic rings. The van der Waals surface area contributed by atoms with E-state index in [1.807, 2.05) is 36.4 Å². The van der Waals surface area contributed by atoms with Crippen molar-refractivity contribution in [2.45, 2.75) is 31.8 Å². The number of methoxy groups -OCH3 is 1. The van der Waals surface area contributed by atoms with Gasteiger partial charge >= 0.3 is 0 Å². The van der Waals surface area contributed by atoms with Crippen LogP contribution in [-0.4, -0.2) is 54.9 Å². The van der Waals surface area contributed by atoms with Crippen molar-refractivity contribution in [3.8, 4) is 17.4 Å². The maximum absolute atomic E-state index is 11.0. The Labute approximate surface area is 195 Å². The molecule has 3 aromatic rings. The van der Waals surface area contributed by atoms with E-state index in [2.05, 4.69) is 22.0 Å². The number of hydrogen-bond donors (Lipinski definition) is 1. The Morgan fingerprint density at radius 3 is 2.70 bits per heavy atom. The van der Waals surface area contributed by atoms with Crippen LogP contribution in [0.2, 0.25) is 0 Å². The third-order valence-corrected chi connectivity index (χ3v) is 6.88. The van der Waals surface area contributed by atoms with Crippen LogP contribution in [0.15, 0.2) is 48.5 Å². The molecule has 33 heavy (non-hydrogen) atoms. The van der Waals surface area contributed by atoms with Gasteiger partial charge in [-0.05, 0) is 68.5 Å². The molecule has 0 saturated carbocycles. The van der Waals surface area contributed by atoms with Crippen molar-refractivity contribution in [1.29, 1.82) is 0 Å². The summed E-state index contributed by atoms with van der Waals surface area (Å²) in [6.07, 6.45) is 3.49. The van der Waals surface area contributed by atoms with Crippen molar-refractivity contribution >= 4 is 10.9 Å². The molecule has 0 bridgehead atoms. The number of aliphatic hydroxyl groups is 1. The molecular formula is C27H32N2O4. The van der Waals surface area contributed by atoms with Crippen molar-refractivity contribution in [3.63, 3.8) is 0 Å². The third kappa shape index (κ3) is 5.07. The van der Waals surface area contributed by atoms with E-state index in [0.29, 0.717) is 25.0 Å². The van der Waals surface area contributed by atoms with Crippen LogP contribution < -0.4 is 14.2 Å². The van der Waals surface area contributed by atoms with Crippen LogP contribution in [0.25, 0.3) is 10.9 Å². The SMILES string of the molecule is COc1ccc2cccc(C(O)CC3CCN(CCc4ccc5c(c4)OCCO5)CC3)c2n1. The molecule has 0 amide bonds. The smallest absolute Gasteiger partial charge is 0.213 e. The largest absolute Gasteiger partial charge is 0.486 e. The van der Waals surface area contributed by atoms with Crippen LogP contribution in [-0.2, 0) is 6.42 Å². The van der Waals surface area contributed by atoms with E-state index in [-0.39, 0.29) is 0 Å². The van der Waals surface area contributed by atoms with Crippen molar-refractivity contribution in [2.24, 2.45) is 5.92 Å². The van der Waals surface area contributed by atoms with E-state index >= 15 is 0 Å². The van der Waals surface area contributed by atoms with Gasteiger partial charge < -0.3 is 24.2 Å². The highest BCUT2D eigenvalue weighted by Crippen LogP contribution is 2.33. The fourth-order valence-corrected chi connectivity index (χ4v) is 4.95. The fourth-order valence-electron chi connectivity index (χ4n) is 4.95. The predicted octanol–water partition coefficient (Wildman–Crippen LogP) is 4.39. The summed E-state index contributed by atoms with van der Waals surface area (Å²) in [5, 5.41) is 12.1. The highest BCUT2D eigenvalue weighted by Gasteiger charge is 2.23. The first kappa shape index (κ1) is 22.0. The van der Waals surface area contributed by atoms with Gasteiger partial charge in [-0.1, -0.05) is 24.3 Å². The lowest BCUT2D eigenvalue weighted by atomic mass is 9.88. The molecule has 0 spiro atoms. The molecule has 6 nitrogen and oxygen atoms in total. The normalized spacial score (nSPS) is 17.8. The quantitative estimate of drug-likeness (QED) is 0.578. The summed E-state index contributed by atoms with van der Waals surface area (Å²) in [6, 6.07) is 16.1. The summed E-state index contributed by atoms with van der Waals surface area (Å²) in [7, 11) is 1.62. The van der Waals surface area contributed by atoms with Crippen LogP contribution in [0.1, 0.15) is 36.5 Å². The molecule has 1 fully saturated rings.